The van der Waals surface area contributed by atoms with E-state index in [1.54, 1.807) is 35.2 Å². The van der Waals surface area contributed by atoms with E-state index in [2.05, 4.69) is 10.6 Å². The monoisotopic (exact) mass is 676 g/mol. The highest BCUT2D eigenvalue weighted by Crippen LogP contribution is 2.41. The smallest absolute Gasteiger partial charge is 0.257 e. The summed E-state index contributed by atoms with van der Waals surface area (Å²) in [6, 6.07) is 10.9. The van der Waals surface area contributed by atoms with Gasteiger partial charge < -0.3 is 34.6 Å². The van der Waals surface area contributed by atoms with Gasteiger partial charge in [0.05, 0.1) is 25.8 Å². The molecule has 3 aromatic carbocycles. The first-order valence-corrected chi connectivity index (χ1v) is 16.4. The number of hydrogen-bond acceptors (Lipinski definition) is 7. The van der Waals surface area contributed by atoms with Gasteiger partial charge in [-0.3, -0.25) is 19.2 Å². The van der Waals surface area contributed by atoms with Gasteiger partial charge in [0.2, 0.25) is 11.8 Å². The van der Waals surface area contributed by atoms with Crippen LogP contribution in [-0.4, -0.2) is 86.0 Å². The Morgan fingerprint density at radius 1 is 0.898 bits per heavy atom. The molecule has 4 amide bonds. The summed E-state index contributed by atoms with van der Waals surface area (Å²) in [6.45, 7) is 1.64. The Kier molecular flexibility index (Phi) is 10.3. The molecule has 49 heavy (non-hydrogen) atoms. The quantitative estimate of drug-likeness (QED) is 0.429. The van der Waals surface area contributed by atoms with Crippen molar-refractivity contribution < 1.29 is 42.2 Å². The molecule has 3 aliphatic rings. The molecule has 0 aliphatic carbocycles. The number of carbonyl (C=O) groups excluding carboxylic acids is 4. The largest absolute Gasteiger partial charge is 0.496 e. The summed E-state index contributed by atoms with van der Waals surface area (Å²) in [4.78, 5) is 54.9. The Morgan fingerprint density at radius 3 is 2.53 bits per heavy atom. The third-order valence-electron chi connectivity index (χ3n) is 8.89. The second-order valence-electron chi connectivity index (χ2n) is 12.2. The minimum atomic E-state index is -0.832. The molecule has 258 valence electrons. The maximum absolute atomic E-state index is 14.6. The van der Waals surface area contributed by atoms with Crippen molar-refractivity contribution in [3.05, 3.63) is 76.9 Å². The molecule has 0 aromatic heterocycles. The number of rotatable bonds is 3. The molecule has 13 heteroatoms. The van der Waals surface area contributed by atoms with Gasteiger partial charge in [0.25, 0.3) is 11.8 Å². The number of amides is 4. The van der Waals surface area contributed by atoms with E-state index >= 15 is 0 Å². The number of nitrogens with one attached hydrogen (secondary N) is 2. The molecule has 1 fully saturated rings. The van der Waals surface area contributed by atoms with Gasteiger partial charge >= 0.3 is 0 Å². The lowest BCUT2D eigenvalue weighted by atomic mass is 9.98. The van der Waals surface area contributed by atoms with E-state index in [0.717, 1.165) is 18.2 Å². The van der Waals surface area contributed by atoms with E-state index in [4.69, 9.17) is 14.2 Å². The first-order chi connectivity index (χ1) is 23.7. The van der Waals surface area contributed by atoms with Crippen molar-refractivity contribution in [2.45, 2.75) is 44.7 Å². The van der Waals surface area contributed by atoms with E-state index in [-0.39, 0.29) is 49.6 Å². The van der Waals surface area contributed by atoms with Crippen molar-refractivity contribution in [3.8, 4) is 28.4 Å². The van der Waals surface area contributed by atoms with Crippen LogP contribution in [0.1, 0.15) is 58.4 Å². The van der Waals surface area contributed by atoms with Gasteiger partial charge in [-0.15, -0.1) is 0 Å². The second kappa shape index (κ2) is 14.9. The maximum Gasteiger partial charge on any atom is 0.257 e. The molecule has 2 N–H and O–H groups in total. The van der Waals surface area contributed by atoms with Gasteiger partial charge in [-0.1, -0.05) is 0 Å². The van der Waals surface area contributed by atoms with Crippen molar-refractivity contribution in [1.82, 2.24) is 20.4 Å². The Bertz CT molecular complexity index is 1770. The van der Waals surface area contributed by atoms with Crippen LogP contribution in [0, 0.1) is 11.6 Å². The molecule has 3 heterocycles. The lowest BCUT2D eigenvalue weighted by Gasteiger charge is -2.26. The summed E-state index contributed by atoms with van der Waals surface area (Å²) in [5, 5.41) is 5.70. The lowest BCUT2D eigenvalue weighted by Crippen LogP contribution is -2.45. The van der Waals surface area contributed by atoms with Gasteiger partial charge in [0.15, 0.2) is 11.5 Å². The molecule has 1 unspecified atom stereocenters. The summed E-state index contributed by atoms with van der Waals surface area (Å²) < 4.78 is 46.7. The molecule has 1 atom stereocenters. The predicted octanol–water partition coefficient (Wildman–Crippen LogP) is 4.07. The minimum absolute atomic E-state index is 0.00615. The summed E-state index contributed by atoms with van der Waals surface area (Å²) in [7, 11) is 1.52. The zero-order valence-electron chi connectivity index (χ0n) is 27.2. The van der Waals surface area contributed by atoms with Crippen molar-refractivity contribution in [2.24, 2.45) is 0 Å². The Labute approximate surface area is 282 Å². The Morgan fingerprint density at radius 2 is 1.73 bits per heavy atom. The second-order valence-corrected chi connectivity index (χ2v) is 12.2. The van der Waals surface area contributed by atoms with Crippen LogP contribution in [0.25, 0.3) is 11.1 Å². The fraction of sp³-hybridized carbons (Fsp3) is 0.389. The van der Waals surface area contributed by atoms with Crippen molar-refractivity contribution in [2.75, 3.05) is 46.5 Å². The minimum Gasteiger partial charge on any atom is -0.496 e. The van der Waals surface area contributed by atoms with Crippen LogP contribution < -0.4 is 24.8 Å². The molecule has 0 spiro atoms. The number of halogens is 2. The number of benzene rings is 3. The summed E-state index contributed by atoms with van der Waals surface area (Å²) in [5.74, 6) is -1.55. The van der Waals surface area contributed by atoms with Crippen LogP contribution in [0.2, 0.25) is 0 Å². The molecule has 0 saturated carbocycles. The van der Waals surface area contributed by atoms with Gasteiger partial charge in [-0.25, -0.2) is 8.78 Å². The summed E-state index contributed by atoms with van der Waals surface area (Å²) >= 11 is 0. The van der Waals surface area contributed by atoms with E-state index in [0.29, 0.717) is 91.2 Å². The Hall–Kier alpha value is -5.20. The van der Waals surface area contributed by atoms with Crippen LogP contribution in [-0.2, 0) is 16.1 Å². The topological polar surface area (TPSA) is 127 Å². The normalized spacial score (nSPS) is 18.6. The first kappa shape index (κ1) is 33.7. The maximum atomic E-state index is 14.6. The van der Waals surface area contributed by atoms with Crippen LogP contribution >= 0.6 is 0 Å². The van der Waals surface area contributed by atoms with Crippen LogP contribution in [0.3, 0.4) is 0 Å². The lowest BCUT2D eigenvalue weighted by molar-refractivity contribution is -0.134. The zero-order valence-corrected chi connectivity index (χ0v) is 27.2. The number of nitrogens with zero attached hydrogens (tertiary/aromatic N) is 2. The standard InChI is InChI=1S/C36H38F2N4O7/c1-47-30-9-5-22-18-26(30)23-17-24-21-42(35(45)27-20-25(37)6-7-28(27)38)14-16-49-33(24)31(19-23)48-15-4-13-41(12-3-2-11-39-34(22)44)36(46)29-8-10-32(43)40-29/h5-7,9,17-20,29H,2-4,8,10-16,21H2,1H3,(H,39,44)(H,40,43). The van der Waals surface area contributed by atoms with Crippen molar-refractivity contribution in [3.63, 3.8) is 0 Å². The highest BCUT2D eigenvalue weighted by Gasteiger charge is 2.31. The van der Waals surface area contributed by atoms with Crippen LogP contribution in [0.4, 0.5) is 8.78 Å². The molecular weight excluding hydrogens is 638 g/mol. The highest BCUT2D eigenvalue weighted by atomic mass is 19.1. The fourth-order valence-corrected chi connectivity index (χ4v) is 6.35. The van der Waals surface area contributed by atoms with Gasteiger partial charge in [-0.2, -0.15) is 0 Å². The van der Waals surface area contributed by atoms with E-state index in [1.165, 1.54) is 12.0 Å². The summed E-state index contributed by atoms with van der Waals surface area (Å²) in [5.41, 5.74) is 1.79. The molecule has 6 rings (SSSR count). The van der Waals surface area contributed by atoms with E-state index < -0.39 is 23.6 Å². The molecule has 0 radical (unpaired) electrons. The SMILES string of the molecule is COc1ccc2cc1-c1cc3c(c(c1)OCCCN(C(=O)C1CCC(=O)N1)CCCCNC2=O)OCCN(C(=O)c1cc(F)ccc1F)C3. The van der Waals surface area contributed by atoms with Crippen LogP contribution in [0.15, 0.2) is 48.5 Å². The molecule has 3 aromatic rings. The average molecular weight is 677 g/mol. The fourth-order valence-electron chi connectivity index (χ4n) is 6.35. The number of ether oxygens (including phenoxy) is 3. The first-order valence-electron chi connectivity index (χ1n) is 16.4. The number of hydrogen-bond donors (Lipinski definition) is 2. The van der Waals surface area contributed by atoms with Gasteiger partial charge in [0, 0.05) is 49.3 Å². The van der Waals surface area contributed by atoms with Crippen molar-refractivity contribution in [1.29, 1.82) is 0 Å². The third-order valence-corrected chi connectivity index (χ3v) is 8.89. The predicted molar refractivity (Wildman–Crippen MR) is 174 cm³/mol. The molecule has 3 aliphatic heterocycles. The number of methoxy groups -OCH3 is 1. The average Bonchev–Trinajstić information content (AvgIpc) is 3.42. The van der Waals surface area contributed by atoms with Gasteiger partial charge in [0.1, 0.15) is 30.0 Å². The van der Waals surface area contributed by atoms with E-state index in [1.807, 2.05) is 0 Å². The Balaban J connectivity index is 1.35. The third kappa shape index (κ3) is 7.60. The molecular formula is C36H38F2N4O7. The highest BCUT2D eigenvalue weighted by molar-refractivity contribution is 5.96. The van der Waals surface area contributed by atoms with Crippen molar-refractivity contribution >= 4 is 23.6 Å². The number of fused-ring (bicyclic) bond motifs is 7. The zero-order chi connectivity index (χ0) is 34.5. The molecule has 4 bridgehead atoms. The molecule has 11 nitrogen and oxygen atoms in total. The van der Waals surface area contributed by atoms with E-state index in [9.17, 15) is 28.0 Å². The van der Waals surface area contributed by atoms with Crippen LogP contribution in [0.5, 0.6) is 17.2 Å². The summed E-state index contributed by atoms with van der Waals surface area (Å²) in [6.07, 6.45) is 2.53. The van der Waals surface area contributed by atoms with Gasteiger partial charge in [-0.05, 0) is 79.8 Å². The number of carbonyl (C=O) groups is 4. The molecule has 1 saturated heterocycles.